The molecule has 3 heterocycles. The first-order chi connectivity index (χ1) is 20.2. The quantitative estimate of drug-likeness (QED) is 0.341. The highest BCUT2D eigenvalue weighted by Crippen LogP contribution is 2.40. The first-order valence-corrected chi connectivity index (χ1v) is 15.5. The largest absolute Gasteiger partial charge is 0.456 e. The summed E-state index contributed by atoms with van der Waals surface area (Å²) in [5, 5.41) is 13.9. The molecule has 12 nitrogen and oxygen atoms in total. The molecule has 0 aromatic rings. The minimum atomic E-state index is -3.13. The van der Waals surface area contributed by atoms with Crippen molar-refractivity contribution in [1.29, 1.82) is 0 Å². The number of halogens is 1. The van der Waals surface area contributed by atoms with Crippen molar-refractivity contribution in [2.75, 3.05) is 20.7 Å². The Morgan fingerprint density at radius 1 is 1.05 bits per heavy atom. The molecule has 252 valence electrons. The molecular weight excluding hydrogens is 579 g/mol. The van der Waals surface area contributed by atoms with Crippen molar-refractivity contribution in [3.05, 3.63) is 0 Å². The number of alkyl halides is 1. The van der Waals surface area contributed by atoms with Gasteiger partial charge in [-0.25, -0.2) is 14.0 Å². The minimum absolute atomic E-state index is 0.0308. The van der Waals surface area contributed by atoms with Gasteiger partial charge in [0.15, 0.2) is 17.7 Å². The van der Waals surface area contributed by atoms with Gasteiger partial charge in [-0.2, -0.15) is 0 Å². The average Bonchev–Trinajstić information content (AvgIpc) is 3.25. The molecule has 2 N–H and O–H groups in total. The van der Waals surface area contributed by atoms with E-state index < -0.39 is 83.1 Å². The number of amides is 1. The van der Waals surface area contributed by atoms with Crippen molar-refractivity contribution in [1.82, 2.24) is 10.2 Å². The van der Waals surface area contributed by atoms with Crippen LogP contribution in [0.2, 0.25) is 0 Å². The van der Waals surface area contributed by atoms with E-state index in [2.05, 4.69) is 5.32 Å². The van der Waals surface area contributed by atoms with Crippen LogP contribution in [0.3, 0.4) is 0 Å². The van der Waals surface area contributed by atoms with Crippen molar-refractivity contribution < 1.29 is 52.4 Å². The summed E-state index contributed by atoms with van der Waals surface area (Å²) >= 11 is 0. The van der Waals surface area contributed by atoms with Crippen molar-refractivity contribution >= 4 is 23.6 Å². The van der Waals surface area contributed by atoms with E-state index in [1.807, 2.05) is 25.9 Å². The summed E-state index contributed by atoms with van der Waals surface area (Å²) in [7, 11) is 3.64. The number of aliphatic hydroxyl groups excluding tert-OH is 1. The van der Waals surface area contributed by atoms with Gasteiger partial charge in [-0.1, -0.05) is 20.8 Å². The number of carbonyl (C=O) groups is 4. The Bertz CT molecular complexity index is 1100. The number of alkyl carbamates (subject to hydrolysis) is 1. The second-order valence-corrected chi connectivity index (χ2v) is 13.6. The van der Waals surface area contributed by atoms with Gasteiger partial charge in [0.05, 0.1) is 23.9 Å². The third kappa shape index (κ3) is 6.81. The van der Waals surface area contributed by atoms with Crippen LogP contribution in [0.15, 0.2) is 0 Å². The highest BCUT2D eigenvalue weighted by atomic mass is 19.1. The number of nitrogens with zero attached hydrogens (tertiary/aromatic N) is 1. The lowest BCUT2D eigenvalue weighted by atomic mass is 9.73. The molecule has 0 unspecified atom stereocenters. The third-order valence-corrected chi connectivity index (χ3v) is 9.79. The number of ether oxygens (including phenoxy) is 5. The zero-order valence-electron chi connectivity index (χ0n) is 27.8. The number of likely N-dealkylation sites (N-methyl/N-ethyl adjacent to an activating group) is 1. The van der Waals surface area contributed by atoms with Crippen LogP contribution in [-0.4, -0.2) is 114 Å². The van der Waals surface area contributed by atoms with Gasteiger partial charge < -0.3 is 39.0 Å². The number of carbonyl (C=O) groups excluding carboxylic acids is 4. The SMILES string of the molecule is CCO[C@@]1(C)C[C@@H](C)C(=O)[C@H](C)[C@H]2NC(=O)O[C@]2(C)[C@@H](C)OC(=O)[C@@](C)(F)C(=O)[C@H](C)[C@H]1O[C@@H]1O[C@H](C)C[C@H](N(C)C)[C@H]1O. The molecule has 0 aromatic carbocycles. The number of hydrogen-bond acceptors (Lipinski definition) is 11. The van der Waals surface area contributed by atoms with Gasteiger partial charge in [0.2, 0.25) is 0 Å². The average molecular weight is 631 g/mol. The first-order valence-electron chi connectivity index (χ1n) is 15.5. The monoisotopic (exact) mass is 630 g/mol. The molecule has 3 rings (SSSR count). The van der Waals surface area contributed by atoms with Gasteiger partial charge in [0, 0.05) is 30.4 Å². The molecule has 0 saturated carbocycles. The maximum atomic E-state index is 16.3. The van der Waals surface area contributed by atoms with Crippen LogP contribution in [0.5, 0.6) is 0 Å². The Kier molecular flexibility index (Phi) is 10.9. The molecular formula is C31H51FN2O10. The van der Waals surface area contributed by atoms with E-state index in [-0.39, 0.29) is 31.0 Å². The van der Waals surface area contributed by atoms with Crippen LogP contribution >= 0.6 is 0 Å². The van der Waals surface area contributed by atoms with Gasteiger partial charge in [0.1, 0.15) is 18.0 Å². The molecule has 3 aliphatic rings. The van der Waals surface area contributed by atoms with Gasteiger partial charge in [0.25, 0.3) is 5.67 Å². The molecule has 3 fully saturated rings. The molecule has 44 heavy (non-hydrogen) atoms. The molecule has 0 aromatic heterocycles. The van der Waals surface area contributed by atoms with Gasteiger partial charge in [-0.15, -0.1) is 0 Å². The smallest absolute Gasteiger partial charge is 0.408 e. The van der Waals surface area contributed by atoms with Crippen molar-refractivity contribution in [2.45, 2.75) is 135 Å². The lowest BCUT2D eigenvalue weighted by Gasteiger charge is -2.47. The van der Waals surface area contributed by atoms with E-state index in [9.17, 15) is 24.3 Å². The summed E-state index contributed by atoms with van der Waals surface area (Å²) in [5.41, 5.74) is -6.06. The van der Waals surface area contributed by atoms with Crippen molar-refractivity contribution in [3.63, 3.8) is 0 Å². The Labute approximate surface area is 259 Å². The molecule has 0 aliphatic carbocycles. The first kappa shape index (κ1) is 36.3. The molecule has 3 saturated heterocycles. The fourth-order valence-electron chi connectivity index (χ4n) is 7.07. The van der Waals surface area contributed by atoms with Crippen LogP contribution in [-0.2, 0) is 38.1 Å². The highest BCUT2D eigenvalue weighted by molar-refractivity contribution is 6.07. The second kappa shape index (κ2) is 13.3. The number of hydrogen-bond donors (Lipinski definition) is 2. The third-order valence-electron chi connectivity index (χ3n) is 9.79. The normalized spacial score (nSPS) is 46.1. The zero-order chi connectivity index (χ0) is 33.5. The number of rotatable bonds is 5. The fraction of sp³-hybridized carbons (Fsp3) is 0.871. The summed E-state index contributed by atoms with van der Waals surface area (Å²) in [6, 6.07) is -1.26. The number of ketones is 2. The predicted molar refractivity (Wildman–Crippen MR) is 156 cm³/mol. The van der Waals surface area contributed by atoms with Crippen LogP contribution in [0.1, 0.15) is 75.2 Å². The summed E-state index contributed by atoms with van der Waals surface area (Å²) in [4.78, 5) is 55.3. The van der Waals surface area contributed by atoms with E-state index in [0.29, 0.717) is 6.42 Å². The molecule has 13 atom stereocenters. The molecule has 0 radical (unpaired) electrons. The maximum Gasteiger partial charge on any atom is 0.408 e. The van der Waals surface area contributed by atoms with Crippen LogP contribution in [0.4, 0.5) is 9.18 Å². The minimum Gasteiger partial charge on any atom is -0.456 e. The van der Waals surface area contributed by atoms with E-state index >= 15 is 4.39 Å². The molecule has 3 aliphatic heterocycles. The topological polar surface area (TPSA) is 150 Å². The molecule has 0 spiro atoms. The highest BCUT2D eigenvalue weighted by Gasteiger charge is 2.59. The Hall–Kier alpha value is -2.19. The number of Topliss-reactive ketones (excluding diaryl/α,β-unsaturated/α-hetero) is 2. The van der Waals surface area contributed by atoms with E-state index in [1.165, 1.54) is 20.8 Å². The molecule has 1 amide bonds. The zero-order valence-corrected chi connectivity index (χ0v) is 27.8. The van der Waals surface area contributed by atoms with Crippen LogP contribution < -0.4 is 5.32 Å². The molecule has 0 bridgehead atoms. The van der Waals surface area contributed by atoms with Crippen molar-refractivity contribution in [2.24, 2.45) is 17.8 Å². The van der Waals surface area contributed by atoms with Gasteiger partial charge in [-0.05, 0) is 68.5 Å². The number of nitrogens with one attached hydrogen (secondary N) is 1. The number of cyclic esters (lactones) is 1. The summed E-state index contributed by atoms with van der Waals surface area (Å²) < 4.78 is 45.9. The van der Waals surface area contributed by atoms with E-state index in [4.69, 9.17) is 23.7 Å². The van der Waals surface area contributed by atoms with Crippen LogP contribution in [0, 0.1) is 17.8 Å². The Morgan fingerprint density at radius 2 is 1.66 bits per heavy atom. The summed E-state index contributed by atoms with van der Waals surface area (Å²) in [6.07, 6.45) is -5.42. The maximum absolute atomic E-state index is 16.3. The molecule has 13 heteroatoms. The Balaban J connectivity index is 2.14. The lowest BCUT2D eigenvalue weighted by molar-refractivity contribution is -0.297. The second-order valence-electron chi connectivity index (χ2n) is 13.6. The Morgan fingerprint density at radius 3 is 2.23 bits per heavy atom. The summed E-state index contributed by atoms with van der Waals surface area (Å²) in [5.74, 6) is -5.68. The van der Waals surface area contributed by atoms with Gasteiger partial charge in [-0.3, -0.25) is 9.59 Å². The number of aliphatic hydroxyl groups is 1. The van der Waals surface area contributed by atoms with E-state index in [0.717, 1.165) is 6.92 Å². The van der Waals surface area contributed by atoms with Gasteiger partial charge >= 0.3 is 12.1 Å². The number of esters is 1. The fourth-order valence-corrected chi connectivity index (χ4v) is 7.07. The predicted octanol–water partition coefficient (Wildman–Crippen LogP) is 2.57. The standard InChI is InChI=1S/C31H51FN2O10/c1-12-40-29(7)14-15(2)21(35)17(4)23-31(9,44-28(39)33-23)19(6)42-27(38)30(8,32)24(37)18(5)25(29)43-26-22(36)20(34(10)11)13-16(3)41-26/h15-20,22-23,25-26,36H,12-14H2,1-11H3,(H,33,39)/t15-,16-,17+,18+,19-,20+,22-,23-,25-,26+,29+,30+,31-/m1/s1. The van der Waals surface area contributed by atoms with Crippen molar-refractivity contribution in [3.8, 4) is 0 Å². The van der Waals surface area contributed by atoms with Crippen LogP contribution in [0.25, 0.3) is 0 Å². The number of fused-ring (bicyclic) bond motifs is 1. The summed E-state index contributed by atoms with van der Waals surface area (Å²) in [6.45, 7) is 13.9. The lowest BCUT2D eigenvalue weighted by Crippen LogP contribution is -2.61. The van der Waals surface area contributed by atoms with E-state index in [1.54, 1.807) is 27.7 Å².